The number of nitrogens with one attached hydrogen (secondary N) is 4. The van der Waals surface area contributed by atoms with E-state index in [0.29, 0.717) is 18.0 Å². The molecule has 4 heterocycles. The number of aromatic nitrogens is 4. The molecule has 1 unspecified atom stereocenters. The summed E-state index contributed by atoms with van der Waals surface area (Å²) in [5.74, 6) is 2.75. The van der Waals surface area contributed by atoms with Crippen LogP contribution in [0.15, 0.2) is 42.7 Å². The van der Waals surface area contributed by atoms with Crippen LogP contribution in [-0.4, -0.2) is 33.0 Å². The molecule has 2 aromatic heterocycles. The molecule has 2 saturated heterocycles. The number of hydrogen-bond acceptors (Lipinski definition) is 4. The molecule has 0 bridgehead atoms. The lowest BCUT2D eigenvalue weighted by molar-refractivity contribution is 0.610. The van der Waals surface area contributed by atoms with Gasteiger partial charge in [0, 0.05) is 18.0 Å². The summed E-state index contributed by atoms with van der Waals surface area (Å²) in [5.41, 5.74) is 6.18. The standard InChI is InChI=1S/C26H32N6/c1-3-21(27-13-1)25-29-15-23(31-25)19-9-5-17(6-10-19)18-7-11-20(12-8-18)24-16-30-26(32-24)22-4-2-14-28-22/h5-6,9-11,15-16,18,21-22,27-28H,1-4,7-8,12-14H2,(H,29,31)(H,30,32)/t18?,21-,22-/m0/s1. The van der Waals surface area contributed by atoms with E-state index in [0.717, 1.165) is 49.0 Å². The Balaban J connectivity index is 1.11. The lowest BCUT2D eigenvalue weighted by atomic mass is 9.83. The molecule has 2 aliphatic heterocycles. The Morgan fingerprint density at radius 3 is 2.00 bits per heavy atom. The minimum absolute atomic E-state index is 0.381. The van der Waals surface area contributed by atoms with Gasteiger partial charge in [0.2, 0.25) is 0 Å². The van der Waals surface area contributed by atoms with Crippen molar-refractivity contribution in [1.82, 2.24) is 30.6 Å². The Hall–Kier alpha value is -2.70. The number of hydrogen-bond donors (Lipinski definition) is 4. The van der Waals surface area contributed by atoms with Crippen LogP contribution in [0.3, 0.4) is 0 Å². The highest BCUT2D eigenvalue weighted by Crippen LogP contribution is 2.36. The molecule has 0 spiro atoms. The van der Waals surface area contributed by atoms with E-state index in [1.54, 1.807) is 0 Å². The zero-order chi connectivity index (χ0) is 21.3. The van der Waals surface area contributed by atoms with Gasteiger partial charge < -0.3 is 20.6 Å². The van der Waals surface area contributed by atoms with Crippen molar-refractivity contribution >= 4 is 5.57 Å². The van der Waals surface area contributed by atoms with Gasteiger partial charge >= 0.3 is 0 Å². The fourth-order valence-corrected chi connectivity index (χ4v) is 5.47. The van der Waals surface area contributed by atoms with E-state index in [2.05, 4.69) is 57.1 Å². The van der Waals surface area contributed by atoms with E-state index in [4.69, 9.17) is 9.97 Å². The van der Waals surface area contributed by atoms with E-state index in [1.165, 1.54) is 48.8 Å². The maximum Gasteiger partial charge on any atom is 0.124 e. The van der Waals surface area contributed by atoms with Crippen LogP contribution in [0.4, 0.5) is 0 Å². The minimum Gasteiger partial charge on any atom is -0.347 e. The fraction of sp³-hybridized carbons (Fsp3) is 0.462. The van der Waals surface area contributed by atoms with Crippen molar-refractivity contribution in [2.75, 3.05) is 13.1 Å². The quantitative estimate of drug-likeness (QED) is 0.461. The fourth-order valence-electron chi connectivity index (χ4n) is 5.47. The molecule has 6 nitrogen and oxygen atoms in total. The van der Waals surface area contributed by atoms with Crippen molar-refractivity contribution in [3.63, 3.8) is 0 Å². The van der Waals surface area contributed by atoms with Gasteiger partial charge in [-0.25, -0.2) is 9.97 Å². The summed E-state index contributed by atoms with van der Waals surface area (Å²) < 4.78 is 0. The summed E-state index contributed by atoms with van der Waals surface area (Å²) in [6, 6.07) is 9.82. The number of allylic oxidation sites excluding steroid dienone is 2. The lowest BCUT2D eigenvalue weighted by Gasteiger charge is -2.22. The molecular weight excluding hydrogens is 396 g/mol. The molecule has 6 heteroatoms. The molecule has 2 fully saturated rings. The van der Waals surface area contributed by atoms with Gasteiger partial charge in [-0.05, 0) is 75.1 Å². The van der Waals surface area contributed by atoms with E-state index < -0.39 is 0 Å². The molecule has 166 valence electrons. The van der Waals surface area contributed by atoms with Crippen LogP contribution in [0.1, 0.15) is 85.9 Å². The molecule has 1 aromatic carbocycles. The van der Waals surface area contributed by atoms with E-state index >= 15 is 0 Å². The summed E-state index contributed by atoms with van der Waals surface area (Å²) in [6.45, 7) is 2.19. The second-order valence-electron chi connectivity index (χ2n) is 9.46. The molecule has 0 amide bonds. The van der Waals surface area contributed by atoms with Gasteiger partial charge in [-0.15, -0.1) is 0 Å². The van der Waals surface area contributed by atoms with E-state index in [-0.39, 0.29) is 0 Å². The summed E-state index contributed by atoms with van der Waals surface area (Å²) >= 11 is 0. The highest BCUT2D eigenvalue weighted by molar-refractivity contribution is 5.64. The zero-order valence-corrected chi connectivity index (χ0v) is 18.5. The number of aromatic amines is 2. The molecule has 32 heavy (non-hydrogen) atoms. The first-order chi connectivity index (χ1) is 15.8. The average molecular weight is 429 g/mol. The molecule has 4 N–H and O–H groups in total. The first-order valence-corrected chi connectivity index (χ1v) is 12.2. The predicted molar refractivity (Wildman–Crippen MR) is 127 cm³/mol. The van der Waals surface area contributed by atoms with E-state index in [9.17, 15) is 0 Å². The third-order valence-electron chi connectivity index (χ3n) is 7.39. The average Bonchev–Trinajstić information content (AvgIpc) is 3.66. The zero-order valence-electron chi connectivity index (χ0n) is 18.5. The van der Waals surface area contributed by atoms with Crippen LogP contribution in [-0.2, 0) is 0 Å². The smallest absolute Gasteiger partial charge is 0.124 e. The second kappa shape index (κ2) is 8.68. The number of benzene rings is 1. The highest BCUT2D eigenvalue weighted by Gasteiger charge is 2.23. The van der Waals surface area contributed by atoms with Crippen LogP contribution >= 0.6 is 0 Å². The number of imidazole rings is 2. The van der Waals surface area contributed by atoms with Crippen molar-refractivity contribution in [3.05, 3.63) is 65.6 Å². The van der Waals surface area contributed by atoms with Crippen LogP contribution < -0.4 is 10.6 Å². The SMILES string of the molecule is C1=C(c2c[nH]c([C@@H]3CCCN3)n2)CCC(c2ccc(-c3c[nH]c([C@@H]4CCCN4)n3)cc2)C1. The van der Waals surface area contributed by atoms with Crippen molar-refractivity contribution in [2.24, 2.45) is 0 Å². The van der Waals surface area contributed by atoms with Gasteiger partial charge in [-0.1, -0.05) is 30.3 Å². The van der Waals surface area contributed by atoms with Crippen LogP contribution in [0, 0.1) is 0 Å². The third kappa shape index (κ3) is 3.93. The number of rotatable bonds is 5. The van der Waals surface area contributed by atoms with Crippen LogP contribution in [0.5, 0.6) is 0 Å². The van der Waals surface area contributed by atoms with Gasteiger partial charge in [-0.3, -0.25) is 0 Å². The first-order valence-electron chi connectivity index (χ1n) is 12.2. The van der Waals surface area contributed by atoms with Crippen molar-refractivity contribution in [1.29, 1.82) is 0 Å². The molecule has 3 atom stereocenters. The topological polar surface area (TPSA) is 81.4 Å². The highest BCUT2D eigenvalue weighted by atomic mass is 15.0. The molecule has 0 saturated carbocycles. The summed E-state index contributed by atoms with van der Waals surface area (Å²) in [5, 5.41) is 7.04. The molecule has 0 radical (unpaired) electrons. The first kappa shape index (κ1) is 19.9. The van der Waals surface area contributed by atoms with Gasteiger partial charge in [-0.2, -0.15) is 0 Å². The largest absolute Gasteiger partial charge is 0.347 e. The number of nitrogens with zero attached hydrogens (tertiary/aromatic N) is 2. The van der Waals surface area contributed by atoms with Crippen LogP contribution in [0.25, 0.3) is 16.8 Å². The second-order valence-corrected chi connectivity index (χ2v) is 9.46. The van der Waals surface area contributed by atoms with Crippen LogP contribution in [0.2, 0.25) is 0 Å². The summed E-state index contributed by atoms with van der Waals surface area (Å²) in [4.78, 5) is 16.5. The molecule has 3 aromatic rings. The van der Waals surface area contributed by atoms with Crippen molar-refractivity contribution < 1.29 is 0 Å². The Kier molecular flexibility index (Phi) is 5.41. The predicted octanol–water partition coefficient (Wildman–Crippen LogP) is 5.00. The normalized spacial score (nSPS) is 25.9. The molecule has 6 rings (SSSR count). The Morgan fingerprint density at radius 1 is 0.750 bits per heavy atom. The van der Waals surface area contributed by atoms with Gasteiger partial charge in [0.15, 0.2) is 0 Å². The van der Waals surface area contributed by atoms with Gasteiger partial charge in [0.05, 0.1) is 23.5 Å². The van der Waals surface area contributed by atoms with Gasteiger partial charge in [0.25, 0.3) is 0 Å². The monoisotopic (exact) mass is 428 g/mol. The van der Waals surface area contributed by atoms with E-state index in [1.807, 2.05) is 6.20 Å². The van der Waals surface area contributed by atoms with Crippen molar-refractivity contribution in [2.45, 2.75) is 62.9 Å². The third-order valence-corrected chi connectivity index (χ3v) is 7.39. The molecule has 3 aliphatic rings. The van der Waals surface area contributed by atoms with Gasteiger partial charge in [0.1, 0.15) is 11.6 Å². The summed E-state index contributed by atoms with van der Waals surface area (Å²) in [6.07, 6.45) is 14.7. The molecule has 1 aliphatic carbocycles. The summed E-state index contributed by atoms with van der Waals surface area (Å²) in [7, 11) is 0. The Morgan fingerprint density at radius 2 is 1.41 bits per heavy atom. The minimum atomic E-state index is 0.381. The molecular formula is C26H32N6. The maximum absolute atomic E-state index is 4.89. The number of H-pyrrole nitrogens is 2. The Labute approximate surface area is 189 Å². The van der Waals surface area contributed by atoms with Crippen molar-refractivity contribution in [3.8, 4) is 11.3 Å². The Bertz CT molecular complexity index is 1080. The lowest BCUT2D eigenvalue weighted by Crippen LogP contribution is -2.14. The maximum atomic E-state index is 4.89.